The predicted octanol–water partition coefficient (Wildman–Crippen LogP) is 1.24. The lowest BCUT2D eigenvalue weighted by molar-refractivity contribution is 0.400. The Labute approximate surface area is 102 Å². The fourth-order valence-electron chi connectivity index (χ4n) is 1.23. The molecular formula is C11H18N2O3S. The molecule has 6 heteroatoms. The minimum absolute atomic E-state index is 0.0624. The Kier molecular flexibility index (Phi) is 5.40. The summed E-state index contributed by atoms with van der Waals surface area (Å²) in [5.41, 5.74) is 0. The van der Waals surface area contributed by atoms with Gasteiger partial charge in [-0.05, 0) is 25.1 Å². The summed E-state index contributed by atoms with van der Waals surface area (Å²) in [5, 5.41) is 3.07. The van der Waals surface area contributed by atoms with Crippen LogP contribution in [0.25, 0.3) is 0 Å². The van der Waals surface area contributed by atoms with Gasteiger partial charge in [0, 0.05) is 6.54 Å². The lowest BCUT2D eigenvalue weighted by Crippen LogP contribution is -2.23. The Hall–Kier alpha value is -1.11. The molecule has 96 valence electrons. The topological polar surface area (TPSA) is 71.3 Å². The average molecular weight is 258 g/mol. The van der Waals surface area contributed by atoms with Crippen molar-refractivity contribution in [2.24, 2.45) is 0 Å². The molecule has 5 nitrogen and oxygen atoms in total. The molecule has 0 aliphatic heterocycles. The van der Waals surface area contributed by atoms with E-state index in [1.165, 1.54) is 12.1 Å². The zero-order valence-corrected chi connectivity index (χ0v) is 10.7. The van der Waals surface area contributed by atoms with Crippen molar-refractivity contribution in [1.29, 1.82) is 0 Å². The Morgan fingerprint density at radius 3 is 2.88 bits per heavy atom. The first-order valence-electron chi connectivity index (χ1n) is 5.50. The summed E-state index contributed by atoms with van der Waals surface area (Å²) in [7, 11) is -3.55. The molecule has 0 atom stereocenters. The molecule has 0 radical (unpaired) electrons. The smallest absolute Gasteiger partial charge is 0.274 e. The van der Waals surface area contributed by atoms with Crippen molar-refractivity contribution < 1.29 is 12.8 Å². The van der Waals surface area contributed by atoms with Crippen molar-refractivity contribution in [3.8, 4) is 0 Å². The maximum Gasteiger partial charge on any atom is 0.274 e. The zero-order chi connectivity index (χ0) is 12.7. The third-order valence-electron chi connectivity index (χ3n) is 2.05. The minimum atomic E-state index is -3.55. The molecule has 0 amide bonds. The number of sulfonamides is 1. The zero-order valence-electron chi connectivity index (χ0n) is 9.90. The van der Waals surface area contributed by atoms with E-state index in [9.17, 15) is 8.42 Å². The summed E-state index contributed by atoms with van der Waals surface area (Å²) < 4.78 is 30.9. The van der Waals surface area contributed by atoms with Crippen LogP contribution >= 0.6 is 0 Å². The number of hydrogen-bond donors (Lipinski definition) is 2. The van der Waals surface area contributed by atoms with Crippen molar-refractivity contribution in [2.45, 2.75) is 25.0 Å². The Bertz CT molecular complexity index is 451. The molecule has 0 aromatic carbocycles. The number of furan rings is 1. The second-order valence-corrected chi connectivity index (χ2v) is 5.24. The van der Waals surface area contributed by atoms with E-state index in [1.54, 1.807) is 6.07 Å². The summed E-state index contributed by atoms with van der Waals surface area (Å²) >= 11 is 0. The van der Waals surface area contributed by atoms with Crippen molar-refractivity contribution in [1.82, 2.24) is 10.0 Å². The monoisotopic (exact) mass is 258 g/mol. The van der Waals surface area contributed by atoms with Crippen LogP contribution in [0.2, 0.25) is 0 Å². The molecule has 0 fully saturated rings. The van der Waals surface area contributed by atoms with Crippen LogP contribution in [0.3, 0.4) is 0 Å². The summed E-state index contributed by atoms with van der Waals surface area (Å²) in [6, 6.07) is 3.11. The largest absolute Gasteiger partial charge is 0.447 e. The standard InChI is InChI=1S/C11H18N2O3S/c1-3-7-12-9-10-5-6-11(16-10)17(14,15)13-8-4-2/h4-6,12-13H,2-3,7-9H2,1H3. The second kappa shape index (κ2) is 6.58. The number of rotatable bonds is 8. The molecule has 0 aliphatic rings. The highest BCUT2D eigenvalue weighted by Gasteiger charge is 2.17. The van der Waals surface area contributed by atoms with Gasteiger partial charge < -0.3 is 9.73 Å². The molecule has 1 aromatic rings. The summed E-state index contributed by atoms with van der Waals surface area (Å²) in [6.45, 7) is 7.10. The molecule has 0 unspecified atom stereocenters. The van der Waals surface area contributed by atoms with E-state index in [4.69, 9.17) is 4.42 Å². The van der Waals surface area contributed by atoms with E-state index in [0.29, 0.717) is 12.3 Å². The first-order chi connectivity index (χ1) is 8.10. The highest BCUT2D eigenvalue weighted by Crippen LogP contribution is 2.13. The SMILES string of the molecule is C=CCNS(=O)(=O)c1ccc(CNCCC)o1. The molecular weight excluding hydrogens is 240 g/mol. The van der Waals surface area contributed by atoms with Crippen molar-refractivity contribution >= 4 is 10.0 Å². The Morgan fingerprint density at radius 2 is 2.24 bits per heavy atom. The first-order valence-corrected chi connectivity index (χ1v) is 6.98. The van der Waals surface area contributed by atoms with Gasteiger partial charge in [0.15, 0.2) is 0 Å². The van der Waals surface area contributed by atoms with E-state index in [-0.39, 0.29) is 11.6 Å². The van der Waals surface area contributed by atoms with Crippen LogP contribution in [0.5, 0.6) is 0 Å². The Balaban J connectivity index is 2.63. The van der Waals surface area contributed by atoms with E-state index in [2.05, 4.69) is 23.5 Å². The molecule has 0 saturated carbocycles. The third-order valence-corrected chi connectivity index (χ3v) is 3.34. The van der Waals surface area contributed by atoms with Crippen LogP contribution in [0.1, 0.15) is 19.1 Å². The third kappa shape index (κ3) is 4.33. The van der Waals surface area contributed by atoms with Gasteiger partial charge in [-0.15, -0.1) is 6.58 Å². The molecule has 0 saturated heterocycles. The van der Waals surface area contributed by atoms with E-state index < -0.39 is 10.0 Å². The van der Waals surface area contributed by atoms with Crippen LogP contribution in [0.4, 0.5) is 0 Å². The van der Waals surface area contributed by atoms with E-state index in [1.807, 2.05) is 0 Å². The fraction of sp³-hybridized carbons (Fsp3) is 0.455. The van der Waals surface area contributed by atoms with Gasteiger partial charge in [0.25, 0.3) is 10.0 Å². The van der Waals surface area contributed by atoms with Crippen LogP contribution in [0.15, 0.2) is 34.3 Å². The van der Waals surface area contributed by atoms with Crippen LogP contribution in [-0.4, -0.2) is 21.5 Å². The second-order valence-electron chi connectivity index (χ2n) is 3.54. The fourth-order valence-corrected chi connectivity index (χ4v) is 2.17. The van der Waals surface area contributed by atoms with Crippen molar-refractivity contribution in [3.05, 3.63) is 30.5 Å². The molecule has 1 rings (SSSR count). The molecule has 1 heterocycles. The predicted molar refractivity (Wildman–Crippen MR) is 66.1 cm³/mol. The molecule has 0 bridgehead atoms. The van der Waals surface area contributed by atoms with Crippen LogP contribution in [0, 0.1) is 0 Å². The number of nitrogens with one attached hydrogen (secondary N) is 2. The van der Waals surface area contributed by atoms with Gasteiger partial charge in [0.1, 0.15) is 5.76 Å². The lowest BCUT2D eigenvalue weighted by Gasteiger charge is -2.01. The quantitative estimate of drug-likeness (QED) is 0.543. The van der Waals surface area contributed by atoms with Crippen molar-refractivity contribution in [3.63, 3.8) is 0 Å². The summed E-state index contributed by atoms with van der Waals surface area (Å²) in [5.74, 6) is 0.609. The molecule has 0 spiro atoms. The van der Waals surface area contributed by atoms with Crippen molar-refractivity contribution in [2.75, 3.05) is 13.1 Å². The van der Waals surface area contributed by atoms with Gasteiger partial charge >= 0.3 is 0 Å². The molecule has 1 aromatic heterocycles. The van der Waals surface area contributed by atoms with E-state index >= 15 is 0 Å². The lowest BCUT2D eigenvalue weighted by atomic mass is 10.4. The van der Waals surface area contributed by atoms with Crippen LogP contribution < -0.4 is 10.0 Å². The first kappa shape index (κ1) is 14.0. The normalized spacial score (nSPS) is 11.6. The Morgan fingerprint density at radius 1 is 1.47 bits per heavy atom. The average Bonchev–Trinajstić information content (AvgIpc) is 2.76. The van der Waals surface area contributed by atoms with Gasteiger partial charge in [0.05, 0.1) is 6.54 Å². The molecule has 17 heavy (non-hydrogen) atoms. The number of hydrogen-bond acceptors (Lipinski definition) is 4. The summed E-state index contributed by atoms with van der Waals surface area (Å²) in [4.78, 5) is 0. The van der Waals surface area contributed by atoms with Crippen LogP contribution in [-0.2, 0) is 16.6 Å². The van der Waals surface area contributed by atoms with Gasteiger partial charge in [-0.3, -0.25) is 0 Å². The summed E-state index contributed by atoms with van der Waals surface area (Å²) in [6.07, 6.45) is 2.50. The van der Waals surface area contributed by atoms with E-state index in [0.717, 1.165) is 13.0 Å². The highest BCUT2D eigenvalue weighted by atomic mass is 32.2. The molecule has 2 N–H and O–H groups in total. The maximum atomic E-state index is 11.7. The molecule has 0 aliphatic carbocycles. The highest BCUT2D eigenvalue weighted by molar-refractivity contribution is 7.89. The van der Waals surface area contributed by atoms with Gasteiger partial charge in [-0.25, -0.2) is 13.1 Å². The minimum Gasteiger partial charge on any atom is -0.447 e. The van der Waals surface area contributed by atoms with Gasteiger partial charge in [0.2, 0.25) is 5.09 Å². The van der Waals surface area contributed by atoms with Gasteiger partial charge in [-0.1, -0.05) is 13.0 Å². The van der Waals surface area contributed by atoms with Gasteiger partial charge in [-0.2, -0.15) is 0 Å². The maximum absolute atomic E-state index is 11.7.